The van der Waals surface area contributed by atoms with Crippen LogP contribution in [0.2, 0.25) is 0 Å². The third-order valence-electron chi connectivity index (χ3n) is 3.82. The zero-order chi connectivity index (χ0) is 21.1. The molecule has 0 aliphatic rings. The Morgan fingerprint density at radius 1 is 1.14 bits per heavy atom. The molecule has 154 valence electrons. The number of hydrogen-bond acceptors (Lipinski definition) is 6. The summed E-state index contributed by atoms with van der Waals surface area (Å²) in [6, 6.07) is 7.71. The normalized spacial score (nSPS) is 11.2. The van der Waals surface area contributed by atoms with Gasteiger partial charge in [-0.15, -0.1) is 0 Å². The molecule has 1 unspecified atom stereocenters. The summed E-state index contributed by atoms with van der Waals surface area (Å²) in [5.74, 6) is -2.52. The molecule has 1 aromatic carbocycles. The number of guanidine groups is 1. The van der Waals surface area contributed by atoms with E-state index < -0.39 is 30.0 Å². The third-order valence-corrected chi connectivity index (χ3v) is 3.82. The smallest absolute Gasteiger partial charge is 0.451 e. The molecule has 9 nitrogen and oxygen atoms in total. The van der Waals surface area contributed by atoms with Crippen molar-refractivity contribution in [2.24, 2.45) is 0 Å². The van der Waals surface area contributed by atoms with Gasteiger partial charge in [-0.1, -0.05) is 55.7 Å². The summed E-state index contributed by atoms with van der Waals surface area (Å²) >= 11 is 0. The molecule has 0 fully saturated rings. The first-order valence-corrected chi connectivity index (χ1v) is 9.07. The molecule has 9 heteroatoms. The molecule has 0 aromatic heterocycles. The number of benzene rings is 1. The van der Waals surface area contributed by atoms with E-state index >= 15 is 0 Å². The number of carbonyl (C=O) groups excluding carboxylic acids is 2. The van der Waals surface area contributed by atoms with Crippen molar-refractivity contribution in [1.82, 2.24) is 9.96 Å². The lowest BCUT2D eigenvalue weighted by molar-refractivity contribution is -0.169. The van der Waals surface area contributed by atoms with Gasteiger partial charge in [0.25, 0.3) is 0 Å². The lowest BCUT2D eigenvalue weighted by Crippen LogP contribution is -2.52. The highest BCUT2D eigenvalue weighted by Gasteiger charge is 2.33. The number of nitrogens with zero attached hydrogens (tertiary/aromatic N) is 2. The zero-order valence-electron chi connectivity index (χ0n) is 16.4. The summed E-state index contributed by atoms with van der Waals surface area (Å²) in [5.41, 5.74) is 0.670. The van der Waals surface area contributed by atoms with Crippen LogP contribution in [-0.2, 0) is 25.6 Å². The van der Waals surface area contributed by atoms with Crippen molar-refractivity contribution in [2.45, 2.75) is 45.6 Å². The Balaban J connectivity index is 2.96. The fourth-order valence-corrected chi connectivity index (χ4v) is 2.36. The van der Waals surface area contributed by atoms with E-state index in [4.69, 9.17) is 15.0 Å². The number of nitrogens with one attached hydrogen (secondary N) is 1. The number of rotatable bonds is 8. The maximum absolute atomic E-state index is 12.3. The average molecular weight is 393 g/mol. The number of likely N-dealkylation sites (N-methyl/N-ethyl adjacent to an activating group) is 1. The van der Waals surface area contributed by atoms with Crippen molar-refractivity contribution < 1.29 is 29.1 Å². The highest BCUT2D eigenvalue weighted by Crippen LogP contribution is 2.11. The second-order valence-corrected chi connectivity index (χ2v) is 6.11. The van der Waals surface area contributed by atoms with E-state index in [-0.39, 0.29) is 19.4 Å². The molecule has 1 rings (SSSR count). The topological polar surface area (TPSA) is 120 Å². The number of hydrogen-bond donors (Lipinski definition) is 2. The minimum Gasteiger partial charge on any atom is -0.480 e. The number of amides is 1. The molecule has 1 aromatic rings. The van der Waals surface area contributed by atoms with Crippen LogP contribution in [0.5, 0.6) is 0 Å². The maximum atomic E-state index is 12.3. The molecule has 28 heavy (non-hydrogen) atoms. The van der Waals surface area contributed by atoms with Crippen LogP contribution in [-0.4, -0.2) is 58.8 Å². The van der Waals surface area contributed by atoms with Crippen LogP contribution >= 0.6 is 0 Å². The monoisotopic (exact) mass is 393 g/mol. The number of carboxylic acids is 1. The van der Waals surface area contributed by atoms with Crippen LogP contribution in [0.25, 0.3) is 0 Å². The first kappa shape index (κ1) is 22.9. The van der Waals surface area contributed by atoms with Crippen LogP contribution in [0.4, 0.5) is 4.79 Å². The molecule has 0 radical (unpaired) electrons. The van der Waals surface area contributed by atoms with Crippen molar-refractivity contribution in [1.29, 1.82) is 5.41 Å². The van der Waals surface area contributed by atoms with Crippen LogP contribution in [0, 0.1) is 5.41 Å². The van der Waals surface area contributed by atoms with Gasteiger partial charge in [-0.05, 0) is 18.4 Å². The Morgan fingerprint density at radius 2 is 1.79 bits per heavy atom. The van der Waals surface area contributed by atoms with Crippen LogP contribution in [0.15, 0.2) is 30.3 Å². The van der Waals surface area contributed by atoms with E-state index in [0.717, 1.165) is 4.90 Å². The Labute approximate surface area is 164 Å². The Morgan fingerprint density at radius 3 is 2.32 bits per heavy atom. The fraction of sp³-hybridized carbons (Fsp3) is 0.474. The predicted octanol–water partition coefficient (Wildman–Crippen LogP) is 2.66. The summed E-state index contributed by atoms with van der Waals surface area (Å²) in [6.07, 6.45) is 0.175. The second kappa shape index (κ2) is 11.6. The van der Waals surface area contributed by atoms with E-state index in [2.05, 4.69) is 0 Å². The van der Waals surface area contributed by atoms with E-state index in [1.165, 1.54) is 7.05 Å². The predicted molar refractivity (Wildman–Crippen MR) is 102 cm³/mol. The van der Waals surface area contributed by atoms with E-state index in [1.807, 2.05) is 0 Å². The number of ether oxygens (including phenoxy) is 1. The van der Waals surface area contributed by atoms with Gasteiger partial charge in [0.1, 0.15) is 6.04 Å². The standard InChI is InChI=1S/C19H27N3O6/c1-4-9-15(17(24)25)21(3)18(20)22(19(26)27-12-5-2)28-16(23)13-14-10-7-6-8-11-14/h6-8,10-11,15,20H,4-5,9,12-13H2,1-3H3,(H,24,25). The Hall–Kier alpha value is -3.10. The largest absolute Gasteiger partial charge is 0.480 e. The molecular formula is C19H27N3O6. The van der Waals surface area contributed by atoms with Crippen molar-refractivity contribution in [3.63, 3.8) is 0 Å². The second-order valence-electron chi connectivity index (χ2n) is 6.11. The van der Waals surface area contributed by atoms with E-state index in [9.17, 15) is 19.5 Å². The maximum Gasteiger partial charge on any atom is 0.451 e. The van der Waals surface area contributed by atoms with E-state index in [0.29, 0.717) is 23.5 Å². The van der Waals surface area contributed by atoms with Crippen LogP contribution in [0.1, 0.15) is 38.7 Å². The van der Waals surface area contributed by atoms with Gasteiger partial charge in [0.2, 0.25) is 5.96 Å². The molecule has 0 aliphatic carbocycles. The number of carboxylic acid groups (broad SMARTS) is 1. The van der Waals surface area contributed by atoms with Gasteiger partial charge < -0.3 is 19.6 Å². The molecule has 2 N–H and O–H groups in total. The fourth-order valence-electron chi connectivity index (χ4n) is 2.36. The molecule has 0 saturated heterocycles. The van der Waals surface area contributed by atoms with Crippen molar-refractivity contribution >= 4 is 24.0 Å². The van der Waals surface area contributed by atoms with E-state index in [1.54, 1.807) is 44.2 Å². The van der Waals surface area contributed by atoms with Gasteiger partial charge in [-0.3, -0.25) is 5.41 Å². The SMILES string of the molecule is CCCOC(=O)N(OC(=O)Cc1ccccc1)C(=N)N(C)C(CCC)C(=O)O. The highest BCUT2D eigenvalue weighted by atomic mass is 16.8. The minimum atomic E-state index is -1.15. The highest BCUT2D eigenvalue weighted by molar-refractivity contribution is 5.94. The first-order chi connectivity index (χ1) is 13.3. The van der Waals surface area contributed by atoms with Gasteiger partial charge in [-0.2, -0.15) is 0 Å². The van der Waals surface area contributed by atoms with Crippen molar-refractivity contribution in [2.75, 3.05) is 13.7 Å². The molecule has 0 spiro atoms. The Kier molecular flexibility index (Phi) is 9.49. The summed E-state index contributed by atoms with van der Waals surface area (Å²) < 4.78 is 4.97. The average Bonchev–Trinajstić information content (AvgIpc) is 2.67. The molecule has 1 atom stereocenters. The first-order valence-electron chi connectivity index (χ1n) is 9.07. The Bertz CT molecular complexity index is 680. The summed E-state index contributed by atoms with van der Waals surface area (Å²) in [5, 5.41) is 18.0. The molecule has 0 bridgehead atoms. The van der Waals surface area contributed by atoms with Crippen LogP contribution in [0.3, 0.4) is 0 Å². The number of carbonyl (C=O) groups is 3. The summed E-state index contributed by atoms with van der Waals surface area (Å²) in [6.45, 7) is 3.67. The molecule has 0 heterocycles. The summed E-state index contributed by atoms with van der Waals surface area (Å²) in [4.78, 5) is 42.2. The van der Waals surface area contributed by atoms with Crippen molar-refractivity contribution in [3.05, 3.63) is 35.9 Å². The van der Waals surface area contributed by atoms with Gasteiger partial charge in [0, 0.05) is 7.05 Å². The molecule has 0 aliphatic heterocycles. The number of aliphatic carboxylic acids is 1. The van der Waals surface area contributed by atoms with Gasteiger partial charge in [0.05, 0.1) is 13.0 Å². The molecule has 1 amide bonds. The summed E-state index contributed by atoms with van der Waals surface area (Å²) in [7, 11) is 1.35. The molecular weight excluding hydrogens is 366 g/mol. The third kappa shape index (κ3) is 6.90. The quantitative estimate of drug-likeness (QED) is 0.396. The lowest BCUT2D eigenvalue weighted by Gasteiger charge is -2.31. The van der Waals surface area contributed by atoms with Crippen molar-refractivity contribution in [3.8, 4) is 0 Å². The van der Waals surface area contributed by atoms with Gasteiger partial charge in [0.15, 0.2) is 0 Å². The lowest BCUT2D eigenvalue weighted by atomic mass is 10.1. The van der Waals surface area contributed by atoms with Gasteiger partial charge >= 0.3 is 18.0 Å². The number of hydroxylamine groups is 2. The van der Waals surface area contributed by atoms with Gasteiger partial charge in [-0.25, -0.2) is 14.4 Å². The van der Waals surface area contributed by atoms with Crippen LogP contribution < -0.4 is 0 Å². The minimum absolute atomic E-state index is 0.0693. The molecule has 0 saturated carbocycles. The zero-order valence-corrected chi connectivity index (χ0v) is 16.4.